The van der Waals surface area contributed by atoms with Gasteiger partial charge in [-0.25, -0.2) is 4.79 Å². The van der Waals surface area contributed by atoms with Crippen LogP contribution < -0.4 is 0 Å². The first kappa shape index (κ1) is 22.8. The first-order valence-corrected chi connectivity index (χ1v) is 11.6. The van der Waals surface area contributed by atoms with Gasteiger partial charge in [0.1, 0.15) is 4.32 Å². The summed E-state index contributed by atoms with van der Waals surface area (Å²) in [5.41, 5.74) is 0.903. The van der Waals surface area contributed by atoms with E-state index in [1.165, 1.54) is 16.7 Å². The number of thioether (sulfide) groups is 1. The Morgan fingerprint density at radius 3 is 2.60 bits per heavy atom. The summed E-state index contributed by atoms with van der Waals surface area (Å²) in [6.45, 7) is 4.15. The average Bonchev–Trinajstić information content (AvgIpc) is 2.99. The molecule has 0 atom stereocenters. The lowest BCUT2D eigenvalue weighted by Gasteiger charge is -2.34. The number of hydrogen-bond donors (Lipinski definition) is 0. The van der Waals surface area contributed by atoms with E-state index in [1.807, 2.05) is 24.3 Å². The number of thiocarbonyl (C=S) groups is 1. The van der Waals surface area contributed by atoms with E-state index in [4.69, 9.17) is 17.0 Å². The third-order valence-corrected chi connectivity index (χ3v) is 6.60. The number of ether oxygens (including phenoxy) is 1. The van der Waals surface area contributed by atoms with Gasteiger partial charge in [0.15, 0.2) is 0 Å². The van der Waals surface area contributed by atoms with Gasteiger partial charge in [0.2, 0.25) is 5.91 Å². The zero-order valence-corrected chi connectivity index (χ0v) is 19.7. The highest BCUT2D eigenvalue weighted by Gasteiger charge is 2.33. The topological polar surface area (TPSA) is 70.2 Å². The Balaban J connectivity index is 1.52. The third-order valence-electron chi connectivity index (χ3n) is 4.73. The molecule has 30 heavy (non-hydrogen) atoms. The molecule has 1 aromatic carbocycles. The van der Waals surface area contributed by atoms with Crippen LogP contribution in [0, 0.1) is 0 Å². The first-order chi connectivity index (χ1) is 14.4. The van der Waals surface area contributed by atoms with Crippen LogP contribution in [-0.2, 0) is 14.3 Å². The molecule has 10 heteroatoms. The minimum atomic E-state index is -0.348. The maximum Gasteiger partial charge on any atom is 0.409 e. The maximum atomic E-state index is 12.7. The second-order valence-electron chi connectivity index (χ2n) is 6.71. The van der Waals surface area contributed by atoms with Crippen LogP contribution in [-0.4, -0.2) is 76.3 Å². The number of benzene rings is 1. The van der Waals surface area contributed by atoms with Gasteiger partial charge < -0.3 is 14.5 Å². The molecular formula is C20H22BrN3O4S2. The molecule has 1 aromatic rings. The van der Waals surface area contributed by atoms with E-state index < -0.39 is 0 Å². The number of hydrogen-bond acceptors (Lipinski definition) is 6. The van der Waals surface area contributed by atoms with Crippen LogP contribution in [0.25, 0.3) is 6.08 Å². The van der Waals surface area contributed by atoms with Crippen molar-refractivity contribution in [3.8, 4) is 0 Å². The second kappa shape index (κ2) is 10.4. The average molecular weight is 512 g/mol. The Morgan fingerprint density at radius 1 is 1.23 bits per heavy atom. The molecule has 3 amide bonds. The van der Waals surface area contributed by atoms with Gasteiger partial charge in [-0.1, -0.05) is 52.0 Å². The van der Waals surface area contributed by atoms with Gasteiger partial charge in [0, 0.05) is 43.6 Å². The SMILES string of the molecule is CCOC(=O)N1CCN(C(=O)CCN2C(=O)C(=Cc3cccc(Br)c3)SC2=S)CC1. The zero-order valence-electron chi connectivity index (χ0n) is 16.5. The molecule has 0 aromatic heterocycles. The molecule has 0 unspecified atom stereocenters. The standard InChI is InChI=1S/C20H22BrN3O4S2/c1-2-28-19(27)23-10-8-22(9-11-23)17(25)6-7-24-18(26)16(30-20(24)29)13-14-4-3-5-15(21)12-14/h3-5,12-13H,2,6-11H2,1H3. The van der Waals surface area contributed by atoms with Crippen molar-refractivity contribution in [2.45, 2.75) is 13.3 Å². The Kier molecular flexibility index (Phi) is 7.90. The lowest BCUT2D eigenvalue weighted by molar-refractivity contribution is -0.133. The van der Waals surface area contributed by atoms with Gasteiger partial charge in [0.25, 0.3) is 5.91 Å². The molecular weight excluding hydrogens is 490 g/mol. The molecule has 2 aliphatic rings. The number of nitrogens with zero attached hydrogens (tertiary/aromatic N) is 3. The summed E-state index contributed by atoms with van der Waals surface area (Å²) in [7, 11) is 0. The number of amides is 3. The van der Waals surface area contributed by atoms with Gasteiger partial charge in [-0.2, -0.15) is 0 Å². The van der Waals surface area contributed by atoms with Crippen LogP contribution in [0.3, 0.4) is 0 Å². The van der Waals surface area contributed by atoms with Crippen LogP contribution in [0.5, 0.6) is 0 Å². The second-order valence-corrected chi connectivity index (χ2v) is 9.30. The lowest BCUT2D eigenvalue weighted by atomic mass is 10.2. The van der Waals surface area contributed by atoms with Crippen LogP contribution in [0.1, 0.15) is 18.9 Å². The van der Waals surface area contributed by atoms with Crippen molar-refractivity contribution in [2.75, 3.05) is 39.3 Å². The van der Waals surface area contributed by atoms with Crippen LogP contribution >= 0.6 is 39.9 Å². The van der Waals surface area contributed by atoms with Crippen LogP contribution in [0.4, 0.5) is 4.79 Å². The normalized spacial score (nSPS) is 18.3. The molecule has 2 saturated heterocycles. The molecule has 0 spiro atoms. The van der Waals surface area contributed by atoms with Gasteiger partial charge in [-0.05, 0) is 30.7 Å². The molecule has 0 saturated carbocycles. The van der Waals surface area contributed by atoms with Gasteiger partial charge in [-0.3, -0.25) is 14.5 Å². The van der Waals surface area contributed by atoms with Crippen molar-refractivity contribution >= 4 is 68.2 Å². The van der Waals surface area contributed by atoms with Gasteiger partial charge in [-0.15, -0.1) is 0 Å². The largest absolute Gasteiger partial charge is 0.450 e. The highest BCUT2D eigenvalue weighted by molar-refractivity contribution is 9.10. The molecule has 0 radical (unpaired) electrons. The van der Waals surface area contributed by atoms with Crippen molar-refractivity contribution in [1.29, 1.82) is 0 Å². The maximum absolute atomic E-state index is 12.7. The van der Waals surface area contributed by atoms with E-state index >= 15 is 0 Å². The molecule has 160 valence electrons. The summed E-state index contributed by atoms with van der Waals surface area (Å²) >= 11 is 10.0. The molecule has 7 nitrogen and oxygen atoms in total. The molecule has 0 N–H and O–H groups in total. The number of halogens is 1. The molecule has 2 aliphatic heterocycles. The Morgan fingerprint density at radius 2 is 1.93 bits per heavy atom. The predicted octanol–water partition coefficient (Wildman–Crippen LogP) is 3.34. The fourth-order valence-electron chi connectivity index (χ4n) is 3.16. The minimum absolute atomic E-state index is 0.0523. The Labute approximate surface area is 193 Å². The molecule has 0 bridgehead atoms. The van der Waals surface area contributed by atoms with E-state index in [9.17, 15) is 14.4 Å². The fraction of sp³-hybridized carbons (Fsp3) is 0.400. The van der Waals surface area contributed by atoms with E-state index in [0.717, 1.165) is 10.0 Å². The number of rotatable bonds is 5. The first-order valence-electron chi connectivity index (χ1n) is 9.59. The highest BCUT2D eigenvalue weighted by atomic mass is 79.9. The Bertz CT molecular complexity index is 885. The summed E-state index contributed by atoms with van der Waals surface area (Å²) in [4.78, 5) is 42.4. The third kappa shape index (κ3) is 5.61. The summed E-state index contributed by atoms with van der Waals surface area (Å²) in [6.07, 6.45) is 1.65. The molecule has 0 aliphatic carbocycles. The van der Waals surface area contributed by atoms with E-state index in [2.05, 4.69) is 15.9 Å². The summed E-state index contributed by atoms with van der Waals surface area (Å²) in [5, 5.41) is 0. The van der Waals surface area contributed by atoms with Crippen molar-refractivity contribution in [1.82, 2.24) is 14.7 Å². The molecule has 3 rings (SSSR count). The van der Waals surface area contributed by atoms with Crippen molar-refractivity contribution < 1.29 is 19.1 Å². The summed E-state index contributed by atoms with van der Waals surface area (Å²) in [6, 6.07) is 7.65. The lowest BCUT2D eigenvalue weighted by Crippen LogP contribution is -2.51. The monoisotopic (exact) mass is 511 g/mol. The number of piperazine rings is 1. The van der Waals surface area contributed by atoms with Gasteiger partial charge in [0.05, 0.1) is 11.5 Å². The molecule has 2 heterocycles. The summed E-state index contributed by atoms with van der Waals surface area (Å²) < 4.78 is 6.38. The number of carbonyl (C=O) groups is 3. The van der Waals surface area contributed by atoms with E-state index in [1.54, 1.807) is 22.8 Å². The Hall–Kier alpha value is -1.91. The minimum Gasteiger partial charge on any atom is -0.450 e. The quantitative estimate of drug-likeness (QED) is 0.446. The zero-order chi connectivity index (χ0) is 21.7. The van der Waals surface area contributed by atoms with Crippen molar-refractivity contribution in [3.05, 3.63) is 39.2 Å². The van der Waals surface area contributed by atoms with Gasteiger partial charge >= 0.3 is 6.09 Å². The number of carbonyl (C=O) groups excluding carboxylic acids is 3. The van der Waals surface area contributed by atoms with Crippen LogP contribution in [0.15, 0.2) is 33.6 Å². The summed E-state index contributed by atoms with van der Waals surface area (Å²) in [5.74, 6) is -0.228. The van der Waals surface area contributed by atoms with E-state index in [-0.39, 0.29) is 30.9 Å². The van der Waals surface area contributed by atoms with Crippen molar-refractivity contribution in [3.63, 3.8) is 0 Å². The smallest absolute Gasteiger partial charge is 0.409 e. The van der Waals surface area contributed by atoms with E-state index in [0.29, 0.717) is 42.0 Å². The van der Waals surface area contributed by atoms with Crippen molar-refractivity contribution in [2.24, 2.45) is 0 Å². The molecule has 2 fully saturated rings. The predicted molar refractivity (Wildman–Crippen MR) is 124 cm³/mol. The fourth-order valence-corrected chi connectivity index (χ4v) is 4.88. The van der Waals surface area contributed by atoms with Crippen LogP contribution in [0.2, 0.25) is 0 Å². The highest BCUT2D eigenvalue weighted by Crippen LogP contribution is 2.33.